The van der Waals surface area contributed by atoms with Crippen LogP contribution in [0.5, 0.6) is 0 Å². The molecule has 2 saturated carbocycles. The van der Waals surface area contributed by atoms with Gasteiger partial charge in [0.05, 0.1) is 43.4 Å². The summed E-state index contributed by atoms with van der Waals surface area (Å²) >= 11 is 6.70. The highest BCUT2D eigenvalue weighted by molar-refractivity contribution is 6.30. The summed E-state index contributed by atoms with van der Waals surface area (Å²) in [7, 11) is 1.56. The van der Waals surface area contributed by atoms with Crippen LogP contribution in [0.4, 0.5) is 0 Å². The van der Waals surface area contributed by atoms with Gasteiger partial charge in [-0.3, -0.25) is 19.2 Å². The van der Waals surface area contributed by atoms with Crippen LogP contribution in [0.1, 0.15) is 101 Å². The number of aromatic amines is 1. The number of amides is 3. The third-order valence-electron chi connectivity index (χ3n) is 12.3. The topological polar surface area (TPSA) is 215 Å². The molecule has 334 valence electrons. The maximum absolute atomic E-state index is 13.7. The number of hydrogen-bond donors (Lipinski definition) is 5. The van der Waals surface area contributed by atoms with Crippen molar-refractivity contribution in [2.45, 2.75) is 110 Å². The maximum Gasteiger partial charge on any atom is 0.308 e. The predicted octanol–water partition coefficient (Wildman–Crippen LogP) is 5.89. The first-order chi connectivity index (χ1) is 30.1. The molecular formula is C45H60ClN9O7. The number of hydrogen-bond acceptors (Lipinski definition) is 10. The number of aliphatic carboxylic acids is 1. The van der Waals surface area contributed by atoms with Crippen molar-refractivity contribution in [2.75, 3.05) is 33.5 Å². The first-order valence-electron chi connectivity index (χ1n) is 21.9. The van der Waals surface area contributed by atoms with Gasteiger partial charge in [-0.1, -0.05) is 86.3 Å². The number of carbonyl (C=O) groups is 4. The highest BCUT2D eigenvalue weighted by atomic mass is 35.5. The molecule has 62 heavy (non-hydrogen) atoms. The van der Waals surface area contributed by atoms with Crippen molar-refractivity contribution in [3.8, 4) is 22.5 Å². The van der Waals surface area contributed by atoms with Gasteiger partial charge < -0.3 is 35.1 Å². The van der Waals surface area contributed by atoms with E-state index in [4.69, 9.17) is 21.1 Å². The molecule has 0 saturated heterocycles. The van der Waals surface area contributed by atoms with Crippen molar-refractivity contribution < 1.29 is 33.8 Å². The Labute approximate surface area is 367 Å². The van der Waals surface area contributed by atoms with Crippen molar-refractivity contribution >= 4 is 35.3 Å². The van der Waals surface area contributed by atoms with Gasteiger partial charge in [0.25, 0.3) is 0 Å². The smallest absolute Gasteiger partial charge is 0.308 e. The van der Waals surface area contributed by atoms with Crippen LogP contribution in [0.15, 0.2) is 48.5 Å². The van der Waals surface area contributed by atoms with Gasteiger partial charge in [-0.05, 0) is 73.3 Å². The molecule has 0 spiro atoms. The number of carboxylic acid groups (broad SMARTS) is 1. The minimum absolute atomic E-state index is 0.0362. The van der Waals surface area contributed by atoms with E-state index in [1.807, 2.05) is 24.3 Å². The van der Waals surface area contributed by atoms with Gasteiger partial charge in [0, 0.05) is 50.6 Å². The second-order valence-corrected chi connectivity index (χ2v) is 16.9. The molecule has 2 fully saturated rings. The van der Waals surface area contributed by atoms with Gasteiger partial charge in [-0.15, -0.1) is 10.2 Å². The molecule has 2 aliphatic rings. The number of benzene rings is 2. The Hall–Kier alpha value is -5.19. The van der Waals surface area contributed by atoms with Crippen LogP contribution in [0, 0.1) is 17.3 Å². The molecule has 2 aliphatic carbocycles. The van der Waals surface area contributed by atoms with E-state index in [-0.39, 0.29) is 62.2 Å². The SMILES string of the molecule is CCCCc1nc(Cl)c(CNC(=O)CCNC(=O)C2CCC(NC(=O)C3(CC(COCCOC)C(=O)O)CCCC3)CC2)n1Cc1ccc(-c2ccccc2-c2nn[nH]n2)cc1. The van der Waals surface area contributed by atoms with Gasteiger partial charge in [0.2, 0.25) is 23.5 Å². The Kier molecular flexibility index (Phi) is 17.0. The van der Waals surface area contributed by atoms with E-state index >= 15 is 0 Å². The number of aromatic nitrogens is 6. The third kappa shape index (κ3) is 12.3. The van der Waals surface area contributed by atoms with E-state index in [1.165, 1.54) is 0 Å². The van der Waals surface area contributed by atoms with Crippen molar-refractivity contribution in [1.82, 2.24) is 46.1 Å². The number of nitrogens with zero attached hydrogens (tertiary/aromatic N) is 5. The number of aryl methyl sites for hydroxylation is 1. The highest BCUT2D eigenvalue weighted by Gasteiger charge is 2.45. The summed E-state index contributed by atoms with van der Waals surface area (Å²) in [5, 5.41) is 33.9. The molecule has 16 nitrogen and oxygen atoms in total. The molecule has 0 aliphatic heterocycles. The molecular weight excluding hydrogens is 814 g/mol. The molecule has 2 heterocycles. The average molecular weight is 874 g/mol. The zero-order chi connectivity index (χ0) is 43.9. The van der Waals surface area contributed by atoms with E-state index in [0.29, 0.717) is 69.3 Å². The molecule has 2 aromatic carbocycles. The molecule has 1 atom stereocenters. The molecule has 3 amide bonds. The first kappa shape index (κ1) is 46.3. The molecule has 6 rings (SSSR count). The van der Waals surface area contributed by atoms with Gasteiger partial charge in [-0.25, -0.2) is 4.98 Å². The summed E-state index contributed by atoms with van der Waals surface area (Å²) in [6, 6.07) is 16.1. The first-order valence-corrected chi connectivity index (χ1v) is 22.3. The number of nitrogens with one attached hydrogen (secondary N) is 4. The highest BCUT2D eigenvalue weighted by Crippen LogP contribution is 2.44. The number of ether oxygens (including phenoxy) is 2. The Bertz CT molecular complexity index is 2080. The molecule has 5 N–H and O–H groups in total. The summed E-state index contributed by atoms with van der Waals surface area (Å²) in [6.07, 6.45) is 8.63. The van der Waals surface area contributed by atoms with E-state index < -0.39 is 17.3 Å². The minimum atomic E-state index is -0.963. The summed E-state index contributed by atoms with van der Waals surface area (Å²) in [6.45, 7) is 3.75. The van der Waals surface area contributed by atoms with E-state index in [9.17, 15) is 24.3 Å². The van der Waals surface area contributed by atoms with Crippen molar-refractivity contribution in [3.05, 3.63) is 70.8 Å². The van der Waals surface area contributed by atoms with Crippen molar-refractivity contribution in [3.63, 3.8) is 0 Å². The summed E-state index contributed by atoms with van der Waals surface area (Å²) in [5.41, 5.74) is 3.91. The molecule has 0 bridgehead atoms. The predicted molar refractivity (Wildman–Crippen MR) is 233 cm³/mol. The number of methoxy groups -OCH3 is 1. The number of carbonyl (C=O) groups excluding carboxylic acids is 3. The number of H-pyrrole nitrogens is 1. The lowest BCUT2D eigenvalue weighted by Crippen LogP contribution is -2.48. The molecule has 17 heteroatoms. The fourth-order valence-corrected chi connectivity index (χ4v) is 9.02. The number of carboxylic acids is 1. The van der Waals surface area contributed by atoms with Crippen molar-refractivity contribution in [1.29, 1.82) is 0 Å². The molecule has 0 radical (unpaired) electrons. The number of imidazole rings is 1. The quantitative estimate of drug-likeness (QED) is 0.0555. The second kappa shape index (κ2) is 22.8. The number of rotatable bonds is 23. The Morgan fingerprint density at radius 3 is 2.42 bits per heavy atom. The maximum atomic E-state index is 13.7. The minimum Gasteiger partial charge on any atom is -0.481 e. The number of unbranched alkanes of at least 4 members (excludes halogenated alkanes) is 1. The van der Waals surface area contributed by atoms with Crippen LogP contribution < -0.4 is 16.0 Å². The fourth-order valence-electron chi connectivity index (χ4n) is 8.75. The monoisotopic (exact) mass is 873 g/mol. The van der Waals surface area contributed by atoms with E-state index in [2.05, 4.69) is 77.3 Å². The van der Waals surface area contributed by atoms with Gasteiger partial charge in [0.1, 0.15) is 5.82 Å². The summed E-state index contributed by atoms with van der Waals surface area (Å²) in [4.78, 5) is 56.6. The lowest BCUT2D eigenvalue weighted by molar-refractivity contribution is -0.147. The van der Waals surface area contributed by atoms with Crippen LogP contribution in [-0.2, 0) is 48.2 Å². The standard InChI is InChI=1S/C45H60ClN9O7/c1-3-4-11-38-50-40(46)37(55(38)28-30-12-14-31(15-13-30)35-9-5-6-10-36(35)41-51-53-54-52-41)27-48-39(56)20-23-47-42(57)32-16-18-34(19-17-32)49-44(60)45(21-7-8-22-45)26-33(43(58)59)29-62-25-24-61-2/h5-6,9-10,12-15,32-34H,3-4,7-8,11,16-29H2,1-2H3,(H,47,57)(H,48,56)(H,49,60)(H,58,59)(H,51,52,53,54). The zero-order valence-corrected chi connectivity index (χ0v) is 36.6. The summed E-state index contributed by atoms with van der Waals surface area (Å²) in [5.74, 6) is -0.975. The largest absolute Gasteiger partial charge is 0.481 e. The van der Waals surface area contributed by atoms with Crippen LogP contribution in [0.3, 0.4) is 0 Å². The molecule has 4 aromatic rings. The number of tetrazole rings is 1. The van der Waals surface area contributed by atoms with Crippen LogP contribution in [0.2, 0.25) is 5.15 Å². The lowest BCUT2D eigenvalue weighted by atomic mass is 9.76. The lowest BCUT2D eigenvalue weighted by Gasteiger charge is -2.34. The van der Waals surface area contributed by atoms with Crippen LogP contribution >= 0.6 is 11.6 Å². The van der Waals surface area contributed by atoms with Gasteiger partial charge >= 0.3 is 5.97 Å². The van der Waals surface area contributed by atoms with Crippen LogP contribution in [0.25, 0.3) is 22.5 Å². The average Bonchev–Trinajstić information content (AvgIpc) is 4.06. The third-order valence-corrected chi connectivity index (χ3v) is 12.6. The number of halogens is 1. The van der Waals surface area contributed by atoms with E-state index in [0.717, 1.165) is 65.9 Å². The Morgan fingerprint density at radius 1 is 1.00 bits per heavy atom. The second-order valence-electron chi connectivity index (χ2n) is 16.6. The normalized spacial score (nSPS) is 17.7. The Balaban J connectivity index is 0.963. The fraction of sp³-hybridized carbons (Fsp3) is 0.556. The zero-order valence-electron chi connectivity index (χ0n) is 35.8. The van der Waals surface area contributed by atoms with Crippen molar-refractivity contribution in [2.24, 2.45) is 17.3 Å². The summed E-state index contributed by atoms with van der Waals surface area (Å²) < 4.78 is 12.6. The Morgan fingerprint density at radius 2 is 1.74 bits per heavy atom. The van der Waals surface area contributed by atoms with E-state index in [1.54, 1.807) is 7.11 Å². The molecule has 1 unspecified atom stereocenters. The van der Waals surface area contributed by atoms with Gasteiger partial charge in [-0.2, -0.15) is 5.21 Å². The van der Waals surface area contributed by atoms with Crippen LogP contribution in [-0.4, -0.2) is 98.5 Å². The molecule has 2 aromatic heterocycles. The van der Waals surface area contributed by atoms with Gasteiger partial charge in [0.15, 0.2) is 5.15 Å².